The molecule has 35 heavy (non-hydrogen) atoms. The Kier molecular flexibility index (Phi) is 9.13. The first-order valence-electron chi connectivity index (χ1n) is 11.4. The van der Waals surface area contributed by atoms with Crippen LogP contribution in [0.5, 0.6) is 23.0 Å². The van der Waals surface area contributed by atoms with Crippen LogP contribution >= 0.6 is 11.3 Å². The first kappa shape index (κ1) is 26.1. The van der Waals surface area contributed by atoms with E-state index in [1.54, 1.807) is 16.7 Å². The molecule has 10 heteroatoms. The zero-order valence-corrected chi connectivity index (χ0v) is 21.4. The molecule has 1 aromatic heterocycles. The molecule has 1 heterocycles. The van der Waals surface area contributed by atoms with E-state index in [1.807, 2.05) is 45.9 Å². The van der Waals surface area contributed by atoms with Crippen molar-refractivity contribution in [1.82, 2.24) is 4.57 Å². The van der Waals surface area contributed by atoms with E-state index in [1.165, 1.54) is 18.4 Å². The lowest BCUT2D eigenvalue weighted by molar-refractivity contribution is -0.141. The lowest BCUT2D eigenvalue weighted by atomic mass is 10.1. The number of fused-ring (bicyclic) bond motifs is 1. The molecule has 0 saturated heterocycles. The highest BCUT2D eigenvalue weighted by molar-refractivity contribution is 7.16. The lowest BCUT2D eigenvalue weighted by Crippen LogP contribution is -2.22. The fourth-order valence-electron chi connectivity index (χ4n) is 3.46. The molecule has 0 aliphatic rings. The first-order chi connectivity index (χ1) is 17.0. The van der Waals surface area contributed by atoms with Crippen molar-refractivity contribution in [2.45, 2.75) is 34.2 Å². The number of hydrogen-bond donors (Lipinski definition) is 0. The molecule has 0 unspecified atom stereocenters. The average Bonchev–Trinajstić information content (AvgIpc) is 3.18. The minimum absolute atomic E-state index is 0.121. The van der Waals surface area contributed by atoms with E-state index in [0.29, 0.717) is 59.7 Å². The van der Waals surface area contributed by atoms with Crippen molar-refractivity contribution < 1.29 is 33.3 Å². The number of esters is 1. The molecular weight excluding hydrogens is 472 g/mol. The molecule has 3 aromatic rings. The van der Waals surface area contributed by atoms with Gasteiger partial charge in [-0.3, -0.25) is 9.59 Å². The van der Waals surface area contributed by atoms with Crippen molar-refractivity contribution in [2.75, 3.05) is 33.5 Å². The van der Waals surface area contributed by atoms with Crippen LogP contribution in [0.3, 0.4) is 0 Å². The highest BCUT2D eigenvalue weighted by Crippen LogP contribution is 2.39. The molecule has 0 aliphatic carbocycles. The van der Waals surface area contributed by atoms with Crippen LogP contribution < -0.4 is 23.7 Å². The molecule has 0 bridgehead atoms. The quantitative estimate of drug-likeness (QED) is 0.362. The number of rotatable bonds is 11. The molecule has 0 atom stereocenters. The van der Waals surface area contributed by atoms with Gasteiger partial charge in [-0.25, -0.2) is 0 Å². The number of para-hydroxylation sites is 1. The molecule has 0 spiro atoms. The van der Waals surface area contributed by atoms with Gasteiger partial charge in [-0.2, -0.15) is 4.99 Å². The lowest BCUT2D eigenvalue weighted by Gasteiger charge is -2.16. The molecule has 2 aromatic carbocycles. The topological polar surface area (TPSA) is 97.6 Å². The molecule has 9 nitrogen and oxygen atoms in total. The SMILES string of the molecule is CCOc1cc(C(=O)N=c2sc3cccc(OCC)c3n2CC(=O)OC)cc(OCC)c1OCC. The third kappa shape index (κ3) is 5.94. The highest BCUT2D eigenvalue weighted by atomic mass is 32.1. The number of amides is 1. The highest BCUT2D eigenvalue weighted by Gasteiger charge is 2.20. The summed E-state index contributed by atoms with van der Waals surface area (Å²) < 4.78 is 30.2. The second-order valence-electron chi connectivity index (χ2n) is 7.10. The summed E-state index contributed by atoms with van der Waals surface area (Å²) in [6, 6.07) is 8.73. The molecule has 0 N–H and O–H groups in total. The zero-order chi connectivity index (χ0) is 25.4. The van der Waals surface area contributed by atoms with Crippen LogP contribution in [0.25, 0.3) is 10.2 Å². The summed E-state index contributed by atoms with van der Waals surface area (Å²) in [6.45, 7) is 8.94. The Balaban J connectivity index is 2.18. The zero-order valence-electron chi connectivity index (χ0n) is 20.6. The van der Waals surface area contributed by atoms with E-state index < -0.39 is 11.9 Å². The maximum absolute atomic E-state index is 13.3. The predicted octanol–water partition coefficient (Wildman–Crippen LogP) is 4.21. The number of nitrogens with zero attached hydrogens (tertiary/aromatic N) is 2. The van der Waals surface area contributed by atoms with Gasteiger partial charge < -0.3 is 28.3 Å². The van der Waals surface area contributed by atoms with Crippen molar-refractivity contribution in [2.24, 2.45) is 4.99 Å². The van der Waals surface area contributed by atoms with E-state index in [4.69, 9.17) is 23.7 Å². The number of methoxy groups -OCH3 is 1. The van der Waals surface area contributed by atoms with Gasteiger partial charge >= 0.3 is 5.97 Å². The first-order valence-corrected chi connectivity index (χ1v) is 12.3. The number of aromatic nitrogens is 1. The van der Waals surface area contributed by atoms with Gasteiger partial charge in [0.15, 0.2) is 16.3 Å². The number of carbonyl (C=O) groups excluding carboxylic acids is 2. The largest absolute Gasteiger partial charge is 0.492 e. The Morgan fingerprint density at radius 3 is 2.06 bits per heavy atom. The minimum atomic E-state index is -0.516. The normalized spacial score (nSPS) is 11.4. The van der Waals surface area contributed by atoms with Crippen LogP contribution in [0.15, 0.2) is 35.3 Å². The van der Waals surface area contributed by atoms with Gasteiger partial charge in [0.05, 0.1) is 38.2 Å². The monoisotopic (exact) mass is 502 g/mol. The summed E-state index contributed by atoms with van der Waals surface area (Å²) >= 11 is 1.28. The van der Waals surface area contributed by atoms with Gasteiger partial charge in [-0.1, -0.05) is 17.4 Å². The van der Waals surface area contributed by atoms with Crippen molar-refractivity contribution >= 4 is 33.4 Å². The second kappa shape index (κ2) is 12.3. The standard InChI is InChI=1S/C25H30N2O7S/c1-6-31-17-11-10-12-20-22(17)27(15-21(28)30-5)25(35-20)26-24(29)16-13-18(32-7-2)23(34-9-4)19(14-16)33-8-3/h10-14H,6-9,15H2,1-5H3. The summed E-state index contributed by atoms with van der Waals surface area (Å²) in [4.78, 5) is 30.2. The van der Waals surface area contributed by atoms with Gasteiger partial charge in [0.25, 0.3) is 5.91 Å². The summed E-state index contributed by atoms with van der Waals surface area (Å²) in [7, 11) is 1.31. The molecule has 3 rings (SSSR count). The van der Waals surface area contributed by atoms with E-state index in [-0.39, 0.29) is 12.1 Å². The summed E-state index contributed by atoms with van der Waals surface area (Å²) in [6.07, 6.45) is 0. The Morgan fingerprint density at radius 1 is 0.886 bits per heavy atom. The average molecular weight is 503 g/mol. The van der Waals surface area contributed by atoms with Crippen LogP contribution in [0.2, 0.25) is 0 Å². The summed E-state index contributed by atoms with van der Waals surface area (Å²) in [5, 5.41) is 0. The van der Waals surface area contributed by atoms with Gasteiger partial charge in [0.1, 0.15) is 17.8 Å². The maximum Gasteiger partial charge on any atom is 0.325 e. The third-order valence-corrected chi connectivity index (χ3v) is 5.88. The van der Waals surface area contributed by atoms with Crippen LogP contribution in [-0.4, -0.2) is 50.0 Å². The van der Waals surface area contributed by atoms with Gasteiger partial charge in [0, 0.05) is 5.56 Å². The summed E-state index contributed by atoms with van der Waals surface area (Å²) in [5.74, 6) is 0.850. The minimum Gasteiger partial charge on any atom is -0.492 e. The Morgan fingerprint density at radius 2 is 1.49 bits per heavy atom. The van der Waals surface area contributed by atoms with Gasteiger partial charge in [0.2, 0.25) is 5.75 Å². The van der Waals surface area contributed by atoms with Crippen molar-refractivity contribution in [1.29, 1.82) is 0 Å². The van der Waals surface area contributed by atoms with Crippen LogP contribution in [0.4, 0.5) is 0 Å². The number of carbonyl (C=O) groups is 2. The van der Waals surface area contributed by atoms with Crippen LogP contribution in [-0.2, 0) is 16.1 Å². The second-order valence-corrected chi connectivity index (χ2v) is 8.11. The fourth-order valence-corrected chi connectivity index (χ4v) is 4.50. The van der Waals surface area contributed by atoms with E-state index in [9.17, 15) is 9.59 Å². The van der Waals surface area contributed by atoms with Crippen molar-refractivity contribution in [3.05, 3.63) is 40.7 Å². The van der Waals surface area contributed by atoms with Gasteiger partial charge in [-0.05, 0) is 52.0 Å². The molecular formula is C25H30N2O7S. The molecule has 0 aliphatic heterocycles. The predicted molar refractivity (Wildman–Crippen MR) is 133 cm³/mol. The molecule has 0 saturated carbocycles. The molecule has 188 valence electrons. The van der Waals surface area contributed by atoms with E-state index in [0.717, 1.165) is 4.70 Å². The van der Waals surface area contributed by atoms with E-state index in [2.05, 4.69) is 4.99 Å². The number of hydrogen-bond acceptors (Lipinski definition) is 8. The molecule has 0 radical (unpaired) electrons. The fraction of sp³-hybridized carbons (Fsp3) is 0.400. The Labute approximate surface area is 207 Å². The van der Waals surface area contributed by atoms with Crippen LogP contribution in [0.1, 0.15) is 38.1 Å². The molecule has 1 amide bonds. The van der Waals surface area contributed by atoms with Crippen LogP contribution in [0, 0.1) is 0 Å². The summed E-state index contributed by atoms with van der Waals surface area (Å²) in [5.41, 5.74) is 0.945. The Bertz CT molecular complexity index is 1240. The number of thiazole rings is 1. The third-order valence-electron chi connectivity index (χ3n) is 4.83. The smallest absolute Gasteiger partial charge is 0.325 e. The Hall–Kier alpha value is -3.53. The number of ether oxygens (including phenoxy) is 5. The maximum atomic E-state index is 13.3. The van der Waals surface area contributed by atoms with Crippen molar-refractivity contribution in [3.8, 4) is 23.0 Å². The molecule has 0 fully saturated rings. The van der Waals surface area contributed by atoms with E-state index >= 15 is 0 Å². The number of benzene rings is 2. The van der Waals surface area contributed by atoms with Crippen molar-refractivity contribution in [3.63, 3.8) is 0 Å². The van der Waals surface area contributed by atoms with Gasteiger partial charge in [-0.15, -0.1) is 0 Å².